The van der Waals surface area contributed by atoms with Crippen LogP contribution in [-0.2, 0) is 9.53 Å². The maximum atomic E-state index is 15.0. The lowest BCUT2D eigenvalue weighted by Crippen LogP contribution is -2.42. The van der Waals surface area contributed by atoms with Gasteiger partial charge in [0.1, 0.15) is 5.52 Å². The molecular formula is C21H24ClFN6O3. The van der Waals surface area contributed by atoms with Gasteiger partial charge in [-0.25, -0.2) is 19.3 Å². The highest BCUT2D eigenvalue weighted by atomic mass is 35.5. The van der Waals surface area contributed by atoms with Crippen LogP contribution in [-0.4, -0.2) is 55.9 Å². The largest absolute Gasteiger partial charge is 0.389 e. The number of fused-ring (bicyclic) bond motifs is 1. The standard InChI is InChI=1S/C21H24ClFN6O3/c1-10(2)29-16-7-12(6-14(23)19(16)28-21(29)25-11(3)30)18-13(22)8-24-20(27-18)26-15-4-5-32-9-17(15)31/h6-8,10,15,17,31H,4-5,9H2,1-3H3,(H,24,26,27)(H,25,28,30)/t15-,17-/m1/s1. The fraction of sp³-hybridized carbons (Fsp3) is 0.429. The number of imidazole rings is 1. The SMILES string of the molecule is CC(=O)Nc1nc2c(F)cc(-c3nc(N[C@@H]4CCOC[C@H]4O)ncc3Cl)cc2n1C(C)C. The number of carbonyl (C=O) groups excluding carboxylic acids is 1. The molecule has 3 N–H and O–H groups in total. The van der Waals surface area contributed by atoms with Crippen molar-refractivity contribution < 1.29 is 19.0 Å². The molecule has 1 fully saturated rings. The molecule has 1 aliphatic heterocycles. The number of hydrogen-bond acceptors (Lipinski definition) is 7. The second-order valence-corrected chi connectivity index (χ2v) is 8.39. The van der Waals surface area contributed by atoms with Crippen LogP contribution >= 0.6 is 11.6 Å². The van der Waals surface area contributed by atoms with Gasteiger partial charge in [-0.15, -0.1) is 0 Å². The molecule has 1 amide bonds. The van der Waals surface area contributed by atoms with E-state index in [2.05, 4.69) is 25.6 Å². The first kappa shape index (κ1) is 22.4. The predicted octanol–water partition coefficient (Wildman–Crippen LogP) is 3.39. The molecule has 9 nitrogen and oxygen atoms in total. The lowest BCUT2D eigenvalue weighted by Gasteiger charge is -2.28. The quantitative estimate of drug-likeness (QED) is 0.532. The Morgan fingerprint density at radius 3 is 2.84 bits per heavy atom. The summed E-state index contributed by atoms with van der Waals surface area (Å²) in [4.78, 5) is 24.5. The van der Waals surface area contributed by atoms with Crippen LogP contribution in [0, 0.1) is 5.82 Å². The minimum absolute atomic E-state index is 0.0930. The van der Waals surface area contributed by atoms with Gasteiger partial charge < -0.3 is 19.7 Å². The minimum atomic E-state index is -0.687. The molecule has 2 atom stereocenters. The van der Waals surface area contributed by atoms with Gasteiger partial charge in [-0.05, 0) is 32.4 Å². The number of halogens is 2. The van der Waals surface area contributed by atoms with E-state index < -0.39 is 11.9 Å². The summed E-state index contributed by atoms with van der Waals surface area (Å²) in [6.07, 6.45) is 1.35. The molecule has 3 aromatic rings. The van der Waals surface area contributed by atoms with Gasteiger partial charge in [0, 0.05) is 25.1 Å². The van der Waals surface area contributed by atoms with Crippen LogP contribution in [0.3, 0.4) is 0 Å². The monoisotopic (exact) mass is 462 g/mol. The van der Waals surface area contributed by atoms with Crippen LogP contribution in [0.2, 0.25) is 5.02 Å². The first-order valence-corrected chi connectivity index (χ1v) is 10.7. The first-order valence-electron chi connectivity index (χ1n) is 10.3. The molecule has 3 heterocycles. The third-order valence-electron chi connectivity index (χ3n) is 5.21. The second kappa shape index (κ2) is 8.97. The van der Waals surface area contributed by atoms with Crippen LogP contribution in [0.4, 0.5) is 16.3 Å². The average Bonchev–Trinajstić information content (AvgIpc) is 3.09. The Morgan fingerprint density at radius 1 is 1.38 bits per heavy atom. The van der Waals surface area contributed by atoms with E-state index in [-0.39, 0.29) is 47.0 Å². The third-order valence-corrected chi connectivity index (χ3v) is 5.49. The van der Waals surface area contributed by atoms with Gasteiger partial charge in [0.05, 0.1) is 41.2 Å². The number of aliphatic hydroxyl groups excluding tert-OH is 1. The lowest BCUT2D eigenvalue weighted by molar-refractivity contribution is -0.114. The van der Waals surface area contributed by atoms with Crippen molar-refractivity contribution in [2.45, 2.75) is 45.4 Å². The molecule has 170 valence electrons. The molecule has 2 aromatic heterocycles. The van der Waals surface area contributed by atoms with Gasteiger partial charge >= 0.3 is 0 Å². The highest BCUT2D eigenvalue weighted by Gasteiger charge is 2.25. The number of carbonyl (C=O) groups is 1. The Balaban J connectivity index is 1.77. The van der Waals surface area contributed by atoms with Crippen LogP contribution in [0.15, 0.2) is 18.3 Å². The zero-order chi connectivity index (χ0) is 23.0. The topological polar surface area (TPSA) is 114 Å². The number of rotatable bonds is 5. The van der Waals surface area contributed by atoms with Crippen LogP contribution in [0.25, 0.3) is 22.3 Å². The van der Waals surface area contributed by atoms with Crippen molar-refractivity contribution in [2.75, 3.05) is 23.8 Å². The molecule has 11 heteroatoms. The van der Waals surface area contributed by atoms with Crippen molar-refractivity contribution >= 4 is 40.4 Å². The van der Waals surface area contributed by atoms with Gasteiger partial charge in [0.25, 0.3) is 0 Å². The molecular weight excluding hydrogens is 439 g/mol. The van der Waals surface area contributed by atoms with Crippen LogP contribution in [0.5, 0.6) is 0 Å². The Hall–Kier alpha value is -2.82. The second-order valence-electron chi connectivity index (χ2n) is 7.98. The third kappa shape index (κ3) is 4.38. The number of hydrogen-bond donors (Lipinski definition) is 3. The van der Waals surface area contributed by atoms with Crippen molar-refractivity contribution in [2.24, 2.45) is 0 Å². The van der Waals surface area contributed by atoms with E-state index in [0.29, 0.717) is 29.8 Å². The Labute approximate surface area is 189 Å². The van der Waals surface area contributed by atoms with Gasteiger partial charge in [-0.2, -0.15) is 0 Å². The molecule has 0 spiro atoms. The highest BCUT2D eigenvalue weighted by Crippen LogP contribution is 2.33. The zero-order valence-electron chi connectivity index (χ0n) is 17.9. The van der Waals surface area contributed by atoms with E-state index in [1.165, 1.54) is 19.2 Å². The summed E-state index contributed by atoms with van der Waals surface area (Å²) >= 11 is 6.36. The molecule has 0 unspecified atom stereocenters. The van der Waals surface area contributed by atoms with E-state index >= 15 is 4.39 Å². The van der Waals surface area contributed by atoms with E-state index in [4.69, 9.17) is 16.3 Å². The van der Waals surface area contributed by atoms with Gasteiger partial charge in [-0.1, -0.05) is 11.6 Å². The maximum absolute atomic E-state index is 15.0. The Bertz CT molecular complexity index is 1170. The highest BCUT2D eigenvalue weighted by molar-refractivity contribution is 6.33. The normalized spacial score (nSPS) is 18.8. The molecule has 1 saturated heterocycles. The van der Waals surface area contributed by atoms with Crippen molar-refractivity contribution in [3.05, 3.63) is 29.2 Å². The van der Waals surface area contributed by atoms with Crippen molar-refractivity contribution in [3.63, 3.8) is 0 Å². The summed E-state index contributed by atoms with van der Waals surface area (Å²) < 4.78 is 22.0. The molecule has 0 aliphatic carbocycles. The molecule has 0 bridgehead atoms. The molecule has 0 radical (unpaired) electrons. The van der Waals surface area contributed by atoms with E-state index in [1.54, 1.807) is 10.6 Å². The van der Waals surface area contributed by atoms with Crippen molar-refractivity contribution in [3.8, 4) is 11.3 Å². The predicted molar refractivity (Wildman–Crippen MR) is 119 cm³/mol. The summed E-state index contributed by atoms with van der Waals surface area (Å²) in [7, 11) is 0. The van der Waals surface area contributed by atoms with Gasteiger partial charge in [0.2, 0.25) is 17.8 Å². The minimum Gasteiger partial charge on any atom is -0.389 e. The zero-order valence-corrected chi connectivity index (χ0v) is 18.6. The number of aromatic nitrogens is 4. The molecule has 1 aliphatic rings. The Morgan fingerprint density at radius 2 is 2.16 bits per heavy atom. The van der Waals surface area contributed by atoms with Crippen LogP contribution < -0.4 is 10.6 Å². The summed E-state index contributed by atoms with van der Waals surface area (Å²) in [6, 6.07) is 2.68. The number of aliphatic hydroxyl groups is 1. The average molecular weight is 463 g/mol. The van der Waals surface area contributed by atoms with Crippen LogP contribution in [0.1, 0.15) is 33.2 Å². The molecule has 0 saturated carbocycles. The maximum Gasteiger partial charge on any atom is 0.223 e. The Kier molecular flexibility index (Phi) is 6.27. The first-order chi connectivity index (χ1) is 15.2. The fourth-order valence-corrected chi connectivity index (χ4v) is 3.95. The number of anilines is 2. The van der Waals surface area contributed by atoms with Crippen molar-refractivity contribution in [1.29, 1.82) is 0 Å². The summed E-state index contributed by atoms with van der Waals surface area (Å²) in [6.45, 7) is 5.95. The van der Waals surface area contributed by atoms with Gasteiger partial charge in [-0.3, -0.25) is 10.1 Å². The van der Waals surface area contributed by atoms with E-state index in [9.17, 15) is 9.90 Å². The summed E-state index contributed by atoms with van der Waals surface area (Å²) in [5.74, 6) is -0.324. The number of ether oxygens (including phenoxy) is 1. The van der Waals surface area contributed by atoms with Crippen molar-refractivity contribution in [1.82, 2.24) is 19.5 Å². The molecule has 32 heavy (non-hydrogen) atoms. The van der Waals surface area contributed by atoms with E-state index in [0.717, 1.165) is 0 Å². The lowest BCUT2D eigenvalue weighted by atomic mass is 10.1. The summed E-state index contributed by atoms with van der Waals surface area (Å²) in [5.41, 5.74) is 1.42. The smallest absolute Gasteiger partial charge is 0.223 e. The number of nitrogens with one attached hydrogen (secondary N) is 2. The number of amides is 1. The van der Waals surface area contributed by atoms with E-state index in [1.807, 2.05) is 13.8 Å². The molecule has 4 rings (SSSR count). The fourth-order valence-electron chi connectivity index (χ4n) is 3.75. The van der Waals surface area contributed by atoms with Gasteiger partial charge in [0.15, 0.2) is 5.82 Å². The summed E-state index contributed by atoms with van der Waals surface area (Å²) in [5, 5.41) is 16.1. The number of benzene rings is 1. The number of nitrogens with zero attached hydrogens (tertiary/aromatic N) is 4. The molecule has 1 aromatic carbocycles.